The molecule has 0 unspecified atom stereocenters. The molecule has 0 bridgehead atoms. The highest BCUT2D eigenvalue weighted by molar-refractivity contribution is 7.12. The first-order valence-corrected chi connectivity index (χ1v) is 6.39. The number of aromatic nitrogens is 1. The lowest BCUT2D eigenvalue weighted by atomic mass is 10.2. The van der Waals surface area contributed by atoms with Gasteiger partial charge in [-0.1, -0.05) is 0 Å². The lowest BCUT2D eigenvalue weighted by molar-refractivity contribution is 0.112. The molecule has 0 aromatic carbocycles. The Hall–Kier alpha value is -1.68. The van der Waals surface area contributed by atoms with E-state index in [4.69, 9.17) is 0 Å². The third kappa shape index (κ3) is 2.91. The van der Waals surface area contributed by atoms with E-state index in [1.165, 1.54) is 16.9 Å². The maximum atomic E-state index is 10.7. The average molecular weight is 246 g/mol. The van der Waals surface area contributed by atoms with Crippen LogP contribution in [0.5, 0.6) is 0 Å². The molecule has 2 aromatic rings. The van der Waals surface area contributed by atoms with Crippen LogP contribution >= 0.6 is 11.3 Å². The Morgan fingerprint density at radius 1 is 1.41 bits per heavy atom. The first kappa shape index (κ1) is 11.8. The number of carbonyl (C=O) groups is 1. The molecule has 2 rings (SSSR count). The minimum absolute atomic E-state index is 0.771. The van der Waals surface area contributed by atoms with Crippen LogP contribution in [0.2, 0.25) is 0 Å². The van der Waals surface area contributed by atoms with Gasteiger partial charge in [0.15, 0.2) is 6.29 Å². The fourth-order valence-electron chi connectivity index (χ4n) is 1.66. The molecule has 0 N–H and O–H groups in total. The van der Waals surface area contributed by atoms with E-state index in [2.05, 4.69) is 16.8 Å². The summed E-state index contributed by atoms with van der Waals surface area (Å²) in [6, 6.07) is 5.95. The van der Waals surface area contributed by atoms with E-state index < -0.39 is 0 Å². The van der Waals surface area contributed by atoms with Crippen LogP contribution in [0, 0.1) is 0 Å². The lowest BCUT2D eigenvalue weighted by Gasteiger charge is -2.21. The van der Waals surface area contributed by atoms with Gasteiger partial charge in [-0.3, -0.25) is 9.78 Å². The highest BCUT2D eigenvalue weighted by atomic mass is 32.1. The molecule has 0 spiro atoms. The monoisotopic (exact) mass is 246 g/mol. The Balaban J connectivity index is 2.14. The van der Waals surface area contributed by atoms with Crippen molar-refractivity contribution in [2.75, 3.05) is 11.4 Å². The number of rotatable bonds is 5. The standard InChI is InChI=1S/C13H14N2OS/c1-2-15(8-11-3-5-14-6-4-11)12-7-13(9-16)17-10-12/h3-7,9-10H,2,8H2,1H3. The molecular formula is C13H14N2OS. The van der Waals surface area contributed by atoms with E-state index >= 15 is 0 Å². The number of nitrogens with zero attached hydrogens (tertiary/aromatic N) is 2. The SMILES string of the molecule is CCN(Cc1ccncc1)c1csc(C=O)c1. The van der Waals surface area contributed by atoms with Gasteiger partial charge in [-0.05, 0) is 30.7 Å². The van der Waals surface area contributed by atoms with Gasteiger partial charge in [-0.15, -0.1) is 11.3 Å². The van der Waals surface area contributed by atoms with Gasteiger partial charge in [0.05, 0.1) is 4.88 Å². The number of pyridine rings is 1. The van der Waals surface area contributed by atoms with Crippen molar-refractivity contribution >= 4 is 23.3 Å². The van der Waals surface area contributed by atoms with E-state index in [1.54, 1.807) is 12.4 Å². The Morgan fingerprint density at radius 3 is 2.76 bits per heavy atom. The number of hydrogen-bond acceptors (Lipinski definition) is 4. The van der Waals surface area contributed by atoms with Gasteiger partial charge in [-0.2, -0.15) is 0 Å². The first-order valence-electron chi connectivity index (χ1n) is 5.51. The van der Waals surface area contributed by atoms with E-state index in [9.17, 15) is 4.79 Å². The van der Waals surface area contributed by atoms with Crippen molar-refractivity contribution in [2.24, 2.45) is 0 Å². The Bertz CT molecular complexity index is 481. The van der Waals surface area contributed by atoms with Crippen LogP contribution in [0.1, 0.15) is 22.2 Å². The van der Waals surface area contributed by atoms with Crippen LogP contribution < -0.4 is 4.90 Å². The number of thiophene rings is 1. The number of hydrogen-bond donors (Lipinski definition) is 0. The third-order valence-corrected chi connectivity index (χ3v) is 3.44. The summed E-state index contributed by atoms with van der Waals surface area (Å²) in [5, 5.41) is 2.02. The second-order valence-electron chi connectivity index (χ2n) is 3.69. The summed E-state index contributed by atoms with van der Waals surface area (Å²) in [5.74, 6) is 0. The summed E-state index contributed by atoms with van der Waals surface area (Å²) < 4.78 is 0. The molecule has 0 aliphatic carbocycles. The van der Waals surface area contributed by atoms with Gasteiger partial charge >= 0.3 is 0 Å². The number of carbonyl (C=O) groups excluding carboxylic acids is 1. The maximum Gasteiger partial charge on any atom is 0.160 e. The molecular weight excluding hydrogens is 232 g/mol. The maximum absolute atomic E-state index is 10.7. The largest absolute Gasteiger partial charge is 0.367 e. The quantitative estimate of drug-likeness (QED) is 0.760. The molecule has 88 valence electrons. The summed E-state index contributed by atoms with van der Waals surface area (Å²) in [5.41, 5.74) is 2.33. The van der Waals surface area contributed by atoms with E-state index in [0.29, 0.717) is 0 Å². The van der Waals surface area contributed by atoms with Crippen molar-refractivity contribution < 1.29 is 4.79 Å². The molecule has 0 saturated heterocycles. The fourth-order valence-corrected chi connectivity index (χ4v) is 2.38. The summed E-state index contributed by atoms with van der Waals surface area (Å²) in [7, 11) is 0. The molecule has 2 aromatic heterocycles. The first-order chi connectivity index (χ1) is 8.33. The minimum atomic E-state index is 0.771. The minimum Gasteiger partial charge on any atom is -0.367 e. The zero-order chi connectivity index (χ0) is 12.1. The smallest absolute Gasteiger partial charge is 0.160 e. The van der Waals surface area contributed by atoms with Gasteiger partial charge in [0.25, 0.3) is 0 Å². The summed E-state index contributed by atoms with van der Waals surface area (Å²) in [4.78, 5) is 17.7. The van der Waals surface area contributed by atoms with Gasteiger partial charge in [-0.25, -0.2) is 0 Å². The van der Waals surface area contributed by atoms with Gasteiger partial charge < -0.3 is 4.90 Å². The topological polar surface area (TPSA) is 33.2 Å². The number of aldehydes is 1. The van der Waals surface area contributed by atoms with Gasteiger partial charge in [0, 0.05) is 36.6 Å². The number of anilines is 1. The van der Waals surface area contributed by atoms with Gasteiger partial charge in [0.2, 0.25) is 0 Å². The second kappa shape index (κ2) is 5.59. The summed E-state index contributed by atoms with van der Waals surface area (Å²) in [6.45, 7) is 3.87. The van der Waals surface area contributed by atoms with Crippen molar-refractivity contribution in [1.82, 2.24) is 4.98 Å². The lowest BCUT2D eigenvalue weighted by Crippen LogP contribution is -2.21. The van der Waals surface area contributed by atoms with E-state index in [0.717, 1.165) is 29.9 Å². The van der Waals surface area contributed by atoms with E-state index in [1.807, 2.05) is 23.6 Å². The zero-order valence-corrected chi connectivity index (χ0v) is 10.5. The van der Waals surface area contributed by atoms with Gasteiger partial charge in [0.1, 0.15) is 0 Å². The molecule has 0 fully saturated rings. The molecule has 0 amide bonds. The average Bonchev–Trinajstić information content (AvgIpc) is 2.86. The van der Waals surface area contributed by atoms with Crippen LogP contribution in [0.25, 0.3) is 0 Å². The molecule has 17 heavy (non-hydrogen) atoms. The molecule has 4 heteroatoms. The predicted octanol–water partition coefficient (Wildman–Crippen LogP) is 2.98. The van der Waals surface area contributed by atoms with Crippen LogP contribution in [0.4, 0.5) is 5.69 Å². The Morgan fingerprint density at radius 2 is 2.18 bits per heavy atom. The van der Waals surface area contributed by atoms with Crippen molar-refractivity contribution in [1.29, 1.82) is 0 Å². The van der Waals surface area contributed by atoms with E-state index in [-0.39, 0.29) is 0 Å². The molecule has 0 radical (unpaired) electrons. The normalized spacial score (nSPS) is 10.2. The highest BCUT2D eigenvalue weighted by Crippen LogP contribution is 2.23. The van der Waals surface area contributed by atoms with Crippen molar-refractivity contribution in [2.45, 2.75) is 13.5 Å². The molecule has 0 aliphatic rings. The highest BCUT2D eigenvalue weighted by Gasteiger charge is 2.07. The van der Waals surface area contributed by atoms with Crippen molar-refractivity contribution in [3.63, 3.8) is 0 Å². The molecule has 2 heterocycles. The van der Waals surface area contributed by atoms with Crippen LogP contribution in [-0.2, 0) is 6.54 Å². The summed E-state index contributed by atoms with van der Waals surface area (Å²) >= 11 is 1.48. The molecule has 0 saturated carbocycles. The molecule has 0 aliphatic heterocycles. The third-order valence-electron chi connectivity index (χ3n) is 2.59. The van der Waals surface area contributed by atoms with Crippen LogP contribution in [-0.4, -0.2) is 17.8 Å². The molecule has 0 atom stereocenters. The van der Waals surface area contributed by atoms with Crippen LogP contribution in [0.15, 0.2) is 36.0 Å². The Kier molecular flexibility index (Phi) is 3.88. The van der Waals surface area contributed by atoms with Crippen molar-refractivity contribution in [3.8, 4) is 0 Å². The zero-order valence-electron chi connectivity index (χ0n) is 9.67. The second-order valence-corrected chi connectivity index (χ2v) is 4.64. The van der Waals surface area contributed by atoms with Crippen molar-refractivity contribution in [3.05, 3.63) is 46.4 Å². The summed E-state index contributed by atoms with van der Waals surface area (Å²) in [6.07, 6.45) is 4.50. The fraction of sp³-hybridized carbons (Fsp3) is 0.231. The molecule has 3 nitrogen and oxygen atoms in total. The van der Waals surface area contributed by atoms with Crippen LogP contribution in [0.3, 0.4) is 0 Å². The Labute approximate surface area is 105 Å². The predicted molar refractivity (Wildman–Crippen MR) is 70.7 cm³/mol.